The monoisotopic (exact) mass is 632 g/mol. The molecule has 0 N–H and O–H groups in total. The number of esters is 2. The van der Waals surface area contributed by atoms with Crippen molar-refractivity contribution in [3.05, 3.63) is 22.3 Å². The van der Waals surface area contributed by atoms with Gasteiger partial charge in [-0.1, -0.05) is 72.6 Å². The van der Waals surface area contributed by atoms with Crippen molar-refractivity contribution in [1.82, 2.24) is 0 Å². The zero-order valence-electron chi connectivity index (χ0n) is 30.3. The van der Waals surface area contributed by atoms with Crippen LogP contribution in [0.3, 0.4) is 0 Å². The lowest BCUT2D eigenvalue weighted by Gasteiger charge is -2.38. The molecule has 1 aromatic carbocycles. The Kier molecular flexibility index (Phi) is 14.3. The molecule has 5 nitrogen and oxygen atoms in total. The van der Waals surface area contributed by atoms with Crippen molar-refractivity contribution in [2.45, 2.75) is 164 Å². The number of fused-ring (bicyclic) bond motifs is 1. The molecule has 2 rings (SSSR count). The average Bonchev–Trinajstić information content (AvgIpc) is 2.92. The molecule has 2 unspecified atom stereocenters. The summed E-state index contributed by atoms with van der Waals surface area (Å²) in [6.45, 7) is 23.2. The van der Waals surface area contributed by atoms with Crippen LogP contribution in [0.1, 0.15) is 148 Å². The van der Waals surface area contributed by atoms with Gasteiger partial charge in [0.15, 0.2) is 0 Å². The molecule has 0 saturated heterocycles. The minimum absolute atomic E-state index is 0.183. The van der Waals surface area contributed by atoms with Gasteiger partial charge in [-0.25, -0.2) is 0 Å². The molecule has 0 fully saturated rings. The summed E-state index contributed by atoms with van der Waals surface area (Å²) < 4.78 is 17.8. The van der Waals surface area contributed by atoms with Crippen LogP contribution in [0.5, 0.6) is 11.5 Å². The second kappa shape index (κ2) is 16.3. The Morgan fingerprint density at radius 3 is 1.95 bits per heavy atom. The predicted octanol–water partition coefficient (Wildman–Crippen LogP) is 10.3. The first-order valence-corrected chi connectivity index (χ1v) is 17.8. The van der Waals surface area contributed by atoms with Crippen molar-refractivity contribution < 1.29 is 23.8 Å². The molecule has 1 aliphatic rings. The first-order chi connectivity index (χ1) is 20.3. The Morgan fingerprint density at radius 2 is 1.41 bits per heavy atom. The predicted molar refractivity (Wildman–Crippen MR) is 187 cm³/mol. The van der Waals surface area contributed by atoms with E-state index in [1.807, 2.05) is 13.8 Å². The Labute approximate surface area is 272 Å². The first-order valence-electron chi connectivity index (χ1n) is 17.2. The molecule has 0 radical (unpaired) electrons. The maximum atomic E-state index is 13.4. The van der Waals surface area contributed by atoms with Gasteiger partial charge in [0, 0.05) is 5.56 Å². The second-order valence-electron chi connectivity index (χ2n) is 15.8. The van der Waals surface area contributed by atoms with Crippen LogP contribution in [0.25, 0.3) is 0 Å². The zero-order valence-corrected chi connectivity index (χ0v) is 31.5. The summed E-state index contributed by atoms with van der Waals surface area (Å²) >= 11 is 0. The Balaban J connectivity index is 1.99. The van der Waals surface area contributed by atoms with E-state index in [4.69, 9.17) is 14.2 Å². The number of methoxy groups -OCH3 is 1. The number of rotatable bonds is 17. The van der Waals surface area contributed by atoms with E-state index in [9.17, 15) is 9.59 Å². The van der Waals surface area contributed by atoms with E-state index in [1.165, 1.54) is 58.5 Å². The lowest BCUT2D eigenvalue weighted by molar-refractivity contribution is -0.152. The average molecular weight is 633 g/mol. The molecule has 0 bridgehead atoms. The van der Waals surface area contributed by atoms with Crippen LogP contribution in [-0.4, -0.2) is 29.8 Å². The molecule has 0 amide bonds. The Bertz CT molecular complexity index is 1120. The minimum Gasteiger partial charge on any atom is -0.487 e. The third-order valence-electron chi connectivity index (χ3n) is 10.0. The number of hydrogen-bond donors (Lipinski definition) is 0. The highest BCUT2D eigenvalue weighted by Crippen LogP contribution is 2.46. The molecule has 0 spiro atoms. The summed E-state index contributed by atoms with van der Waals surface area (Å²) in [4.78, 5) is 25.7. The van der Waals surface area contributed by atoms with Crippen LogP contribution in [0.4, 0.5) is 0 Å². The molecule has 1 aliphatic heterocycles. The molecule has 1 heterocycles. The van der Waals surface area contributed by atoms with Gasteiger partial charge in [0.05, 0.1) is 17.7 Å². The molecular weight excluding hydrogens is 567 g/mol. The fourth-order valence-corrected chi connectivity index (χ4v) is 7.53. The topological polar surface area (TPSA) is 61.8 Å². The van der Waals surface area contributed by atoms with Gasteiger partial charge in [0.1, 0.15) is 17.1 Å². The van der Waals surface area contributed by atoms with Gasteiger partial charge < -0.3 is 14.2 Å². The molecule has 1 aromatic rings. The number of benzene rings is 1. The third-order valence-corrected chi connectivity index (χ3v) is 10.5. The van der Waals surface area contributed by atoms with E-state index < -0.39 is 10.6 Å². The van der Waals surface area contributed by atoms with E-state index >= 15 is 0 Å². The fourth-order valence-electron chi connectivity index (χ4n) is 6.96. The first kappa shape index (κ1) is 38.6. The quantitative estimate of drug-likeness (QED) is 0.0971. The SMILES string of the molecule is COC(=O)C(C)(C)CC(C)(P)C(=O)Oc1c(C)c(C)c2c(c1C)CC[C@](C)(CCC[C@H](C)CCC[C@H](C)CCCC(C)C)O2. The van der Waals surface area contributed by atoms with E-state index in [0.29, 0.717) is 5.75 Å². The highest BCUT2D eigenvalue weighted by atomic mass is 31.0. The normalized spacial score (nSPS) is 19.5. The lowest BCUT2D eigenvalue weighted by atomic mass is 9.82. The van der Waals surface area contributed by atoms with E-state index in [0.717, 1.165) is 65.0 Å². The number of hydrogen-bond acceptors (Lipinski definition) is 5. The van der Waals surface area contributed by atoms with Gasteiger partial charge in [0.2, 0.25) is 0 Å². The molecule has 0 aliphatic carbocycles. The smallest absolute Gasteiger partial charge is 0.321 e. The number of carbonyl (C=O) groups excluding carboxylic acids is 2. The van der Waals surface area contributed by atoms with Gasteiger partial charge in [-0.05, 0) is 115 Å². The summed E-state index contributed by atoms with van der Waals surface area (Å²) in [6.07, 6.45) is 13.7. The Hall–Kier alpha value is -1.61. The van der Waals surface area contributed by atoms with Gasteiger partial charge >= 0.3 is 11.9 Å². The van der Waals surface area contributed by atoms with Crippen molar-refractivity contribution in [2.75, 3.05) is 7.11 Å². The largest absolute Gasteiger partial charge is 0.487 e. The summed E-state index contributed by atoms with van der Waals surface area (Å²) in [5.74, 6) is 3.28. The fraction of sp³-hybridized carbons (Fsp3) is 0.789. The van der Waals surface area contributed by atoms with Gasteiger partial charge in [0.25, 0.3) is 0 Å². The van der Waals surface area contributed by atoms with Crippen LogP contribution in [-0.2, 0) is 20.7 Å². The molecule has 0 saturated carbocycles. The van der Waals surface area contributed by atoms with Gasteiger partial charge in [-0.2, -0.15) is 0 Å². The molecule has 0 aromatic heterocycles. The standard InChI is InChI=1S/C38H65O5P/c1-25(2)16-13-17-26(3)18-14-19-27(4)20-15-22-37(10)23-21-31-30(7)32(28(5)29(6)33(31)43-37)42-35(40)38(11,44)24-36(8,9)34(39)41-12/h25-27H,13-24,44H2,1-12H3/t26-,27-,37+,38?/m1/s1. The van der Waals surface area contributed by atoms with Crippen molar-refractivity contribution >= 4 is 21.2 Å². The summed E-state index contributed by atoms with van der Waals surface area (Å²) in [7, 11) is 3.97. The van der Waals surface area contributed by atoms with Crippen molar-refractivity contribution in [3.63, 3.8) is 0 Å². The highest BCUT2D eigenvalue weighted by molar-refractivity contribution is 7.20. The van der Waals surface area contributed by atoms with Crippen LogP contribution in [0, 0.1) is 43.9 Å². The minimum atomic E-state index is -0.946. The maximum Gasteiger partial charge on any atom is 0.321 e. The van der Waals surface area contributed by atoms with E-state index in [2.05, 4.69) is 50.8 Å². The number of ether oxygens (including phenoxy) is 3. The van der Waals surface area contributed by atoms with E-state index in [1.54, 1.807) is 20.8 Å². The van der Waals surface area contributed by atoms with Gasteiger partial charge in [-0.3, -0.25) is 9.59 Å². The molecule has 6 heteroatoms. The zero-order chi connectivity index (χ0) is 33.5. The lowest BCUT2D eigenvalue weighted by Crippen LogP contribution is -2.41. The van der Waals surface area contributed by atoms with Crippen LogP contribution < -0.4 is 9.47 Å². The summed E-state index contributed by atoms with van der Waals surface area (Å²) in [5.41, 5.74) is 3.08. The summed E-state index contributed by atoms with van der Waals surface area (Å²) in [6, 6.07) is 0. The third kappa shape index (κ3) is 10.7. The van der Waals surface area contributed by atoms with Gasteiger partial charge in [-0.15, -0.1) is 9.24 Å². The van der Waals surface area contributed by atoms with Crippen LogP contribution >= 0.6 is 9.24 Å². The van der Waals surface area contributed by atoms with E-state index in [-0.39, 0.29) is 24.0 Å². The van der Waals surface area contributed by atoms with Crippen molar-refractivity contribution in [1.29, 1.82) is 0 Å². The molecule has 44 heavy (non-hydrogen) atoms. The Morgan fingerprint density at radius 1 is 0.864 bits per heavy atom. The van der Waals surface area contributed by atoms with Crippen molar-refractivity contribution in [3.8, 4) is 11.5 Å². The highest BCUT2D eigenvalue weighted by Gasteiger charge is 2.42. The molecular formula is C38H65O5P. The summed E-state index contributed by atoms with van der Waals surface area (Å²) in [5, 5.41) is -0.946. The maximum absolute atomic E-state index is 13.4. The second-order valence-corrected chi connectivity index (χ2v) is 17.1. The van der Waals surface area contributed by atoms with Crippen LogP contribution in [0.2, 0.25) is 0 Å². The molecule has 5 atom stereocenters. The van der Waals surface area contributed by atoms with Crippen LogP contribution in [0.15, 0.2) is 0 Å². The van der Waals surface area contributed by atoms with Crippen molar-refractivity contribution in [2.24, 2.45) is 23.2 Å². The number of carbonyl (C=O) groups is 2. The molecule has 252 valence electrons.